The molecule has 7 heteroatoms. The Morgan fingerprint density at radius 2 is 2.15 bits per heavy atom. The molecule has 7 nitrogen and oxygen atoms in total. The molecule has 0 aliphatic carbocycles. The zero-order valence-electron chi connectivity index (χ0n) is 6.71. The summed E-state index contributed by atoms with van der Waals surface area (Å²) in [5.74, 6) is -0.701. The summed E-state index contributed by atoms with van der Waals surface area (Å²) in [4.78, 5) is 16.3. The molecule has 0 spiro atoms. The van der Waals surface area contributed by atoms with Gasteiger partial charge in [-0.3, -0.25) is 4.79 Å². The fourth-order valence-electron chi connectivity index (χ4n) is 0.364. The summed E-state index contributed by atoms with van der Waals surface area (Å²) in [6.45, 7) is -0.556. The van der Waals surface area contributed by atoms with Crippen LogP contribution >= 0.6 is 0 Å². The second-order valence-electron chi connectivity index (χ2n) is 1.90. The maximum atomic E-state index is 9.34. The van der Waals surface area contributed by atoms with Crippen molar-refractivity contribution in [2.24, 2.45) is 5.73 Å². The first-order valence-electron chi connectivity index (χ1n) is 3.23. The number of hydrogen-bond acceptors (Lipinski definition) is 6. The van der Waals surface area contributed by atoms with Crippen molar-refractivity contribution in [1.29, 1.82) is 0 Å². The van der Waals surface area contributed by atoms with Crippen molar-refractivity contribution in [2.75, 3.05) is 12.3 Å². The number of aliphatic hydroxyl groups is 1. The Balaban J connectivity index is 0.000000252. The Hall–Kier alpha value is -1.89. The first-order valence-corrected chi connectivity index (χ1v) is 3.23. The second-order valence-corrected chi connectivity index (χ2v) is 1.90. The van der Waals surface area contributed by atoms with Crippen LogP contribution in [0.4, 0.5) is 5.95 Å². The highest BCUT2D eigenvalue weighted by molar-refractivity contribution is 5.74. The van der Waals surface area contributed by atoms with Crippen molar-refractivity contribution in [3.05, 3.63) is 12.3 Å². The zero-order chi connectivity index (χ0) is 10.3. The van der Waals surface area contributed by atoms with Crippen LogP contribution in [0, 0.1) is 0 Å². The number of rotatable bonds is 1. The van der Waals surface area contributed by atoms with Gasteiger partial charge in [0.15, 0.2) is 0 Å². The number of carbonyl (C=O) groups is 1. The Morgan fingerprint density at radius 3 is 2.38 bits per heavy atom. The molecule has 0 atom stereocenters. The lowest BCUT2D eigenvalue weighted by Gasteiger charge is -1.88. The van der Waals surface area contributed by atoms with E-state index in [1.54, 1.807) is 0 Å². The molecule has 0 unspecified atom stereocenters. The van der Waals surface area contributed by atoms with Crippen LogP contribution in [0.5, 0.6) is 5.88 Å². The lowest BCUT2D eigenvalue weighted by Crippen LogP contribution is -2.14. The summed E-state index contributed by atoms with van der Waals surface area (Å²) in [7, 11) is 0. The highest BCUT2D eigenvalue weighted by Crippen LogP contribution is 2.00. The number of hydrogen-bond donors (Lipinski definition) is 4. The minimum absolute atomic E-state index is 0.0880. The number of carbonyl (C=O) groups excluding carboxylic acids is 1. The van der Waals surface area contributed by atoms with Gasteiger partial charge in [0.05, 0.1) is 0 Å². The molecule has 1 aromatic rings. The number of anilines is 1. The fourth-order valence-corrected chi connectivity index (χ4v) is 0.364. The van der Waals surface area contributed by atoms with Crippen LogP contribution < -0.4 is 11.5 Å². The minimum Gasteiger partial charge on any atom is -0.493 e. The standard InChI is InChI=1S/C4H5N3O.C2H5NO2/c5-4-6-2-1-3(8)7-4;3-2(5)1-4/h1-2H,(H3,5,6,7,8);4H,1H2,(H2,3,5). The van der Waals surface area contributed by atoms with E-state index in [-0.39, 0.29) is 11.8 Å². The van der Waals surface area contributed by atoms with Gasteiger partial charge < -0.3 is 21.7 Å². The van der Waals surface area contributed by atoms with Crippen LogP contribution in [0.1, 0.15) is 0 Å². The number of aromatic hydroxyl groups is 1. The summed E-state index contributed by atoms with van der Waals surface area (Å²) < 4.78 is 0. The van der Waals surface area contributed by atoms with Gasteiger partial charge in [0.1, 0.15) is 6.61 Å². The number of amides is 1. The maximum absolute atomic E-state index is 9.34. The van der Waals surface area contributed by atoms with Crippen LogP contribution in [0.2, 0.25) is 0 Å². The topological polar surface area (TPSA) is 135 Å². The van der Waals surface area contributed by atoms with Gasteiger partial charge in [0, 0.05) is 12.3 Å². The Labute approximate surface area is 74.0 Å². The highest BCUT2D eigenvalue weighted by atomic mass is 16.3. The first-order chi connectivity index (χ1) is 6.06. The molecule has 0 fully saturated rings. The fraction of sp³-hybridized carbons (Fsp3) is 0.167. The van der Waals surface area contributed by atoms with E-state index in [4.69, 9.17) is 15.9 Å². The van der Waals surface area contributed by atoms with Crippen LogP contribution in [-0.4, -0.2) is 32.7 Å². The van der Waals surface area contributed by atoms with Crippen molar-refractivity contribution >= 4 is 11.9 Å². The molecule has 1 amide bonds. The third-order valence-corrected chi connectivity index (χ3v) is 0.815. The Morgan fingerprint density at radius 1 is 1.62 bits per heavy atom. The molecule has 0 aliphatic heterocycles. The van der Waals surface area contributed by atoms with Gasteiger partial charge in [-0.1, -0.05) is 0 Å². The summed E-state index contributed by atoms with van der Waals surface area (Å²) in [5, 5.41) is 16.3. The molecule has 0 bridgehead atoms. The number of aromatic nitrogens is 2. The number of nitrogens with two attached hydrogens (primary N) is 2. The zero-order valence-corrected chi connectivity index (χ0v) is 6.71. The van der Waals surface area contributed by atoms with E-state index >= 15 is 0 Å². The Kier molecular flexibility index (Phi) is 4.89. The number of nitrogen functional groups attached to an aromatic ring is 1. The van der Waals surface area contributed by atoms with Crippen LogP contribution in [0.15, 0.2) is 12.3 Å². The molecular formula is C6H10N4O3. The normalized spacial score (nSPS) is 8.38. The molecule has 1 rings (SSSR count). The largest absolute Gasteiger partial charge is 0.493 e. The molecular weight excluding hydrogens is 176 g/mol. The average molecular weight is 186 g/mol. The number of primary amides is 1. The molecule has 13 heavy (non-hydrogen) atoms. The molecule has 6 N–H and O–H groups in total. The van der Waals surface area contributed by atoms with Gasteiger partial charge in [-0.15, -0.1) is 0 Å². The van der Waals surface area contributed by atoms with Gasteiger partial charge in [-0.25, -0.2) is 4.98 Å². The minimum atomic E-state index is -0.690. The molecule has 72 valence electrons. The van der Waals surface area contributed by atoms with Crippen LogP contribution in [-0.2, 0) is 4.79 Å². The molecule has 0 radical (unpaired) electrons. The van der Waals surface area contributed by atoms with Gasteiger partial charge >= 0.3 is 0 Å². The smallest absolute Gasteiger partial charge is 0.243 e. The molecule has 0 aromatic carbocycles. The number of nitrogens with zero attached hydrogens (tertiary/aromatic N) is 2. The van der Waals surface area contributed by atoms with E-state index in [9.17, 15) is 4.79 Å². The monoisotopic (exact) mass is 186 g/mol. The predicted octanol–water partition coefficient (Wildman–Crippen LogP) is -1.77. The third kappa shape index (κ3) is 6.51. The second kappa shape index (κ2) is 5.72. The van der Waals surface area contributed by atoms with Gasteiger partial charge in [0.2, 0.25) is 17.7 Å². The van der Waals surface area contributed by atoms with E-state index in [0.717, 1.165) is 0 Å². The van der Waals surface area contributed by atoms with Crippen molar-refractivity contribution in [2.45, 2.75) is 0 Å². The first kappa shape index (κ1) is 11.1. The summed E-state index contributed by atoms with van der Waals surface area (Å²) in [6.07, 6.45) is 1.39. The lowest BCUT2D eigenvalue weighted by atomic mass is 10.6. The summed E-state index contributed by atoms with van der Waals surface area (Å²) in [5.41, 5.74) is 9.48. The lowest BCUT2D eigenvalue weighted by molar-refractivity contribution is -0.120. The van der Waals surface area contributed by atoms with Crippen LogP contribution in [0.3, 0.4) is 0 Å². The van der Waals surface area contributed by atoms with Gasteiger partial charge in [0.25, 0.3) is 0 Å². The quantitative estimate of drug-likeness (QED) is 0.409. The van der Waals surface area contributed by atoms with E-state index in [0.29, 0.717) is 0 Å². The molecule has 1 heterocycles. The predicted molar refractivity (Wildman–Crippen MR) is 44.4 cm³/mol. The Bertz CT molecular complexity index is 261. The average Bonchev–Trinajstić information content (AvgIpc) is 2.05. The molecule has 0 saturated carbocycles. The van der Waals surface area contributed by atoms with Gasteiger partial charge in [-0.05, 0) is 0 Å². The molecule has 1 aromatic heterocycles. The van der Waals surface area contributed by atoms with E-state index in [1.165, 1.54) is 12.3 Å². The van der Waals surface area contributed by atoms with E-state index < -0.39 is 12.5 Å². The number of aliphatic hydroxyl groups excluding tert-OH is 1. The summed E-state index contributed by atoms with van der Waals surface area (Å²) in [6, 6.07) is 1.36. The van der Waals surface area contributed by atoms with Crippen molar-refractivity contribution in [3.63, 3.8) is 0 Å². The molecule has 0 saturated heterocycles. The van der Waals surface area contributed by atoms with E-state index in [2.05, 4.69) is 15.7 Å². The van der Waals surface area contributed by atoms with Gasteiger partial charge in [-0.2, -0.15) is 4.98 Å². The van der Waals surface area contributed by atoms with E-state index in [1.807, 2.05) is 0 Å². The third-order valence-electron chi connectivity index (χ3n) is 0.815. The van der Waals surface area contributed by atoms with Crippen molar-refractivity contribution in [3.8, 4) is 5.88 Å². The van der Waals surface area contributed by atoms with Crippen molar-refractivity contribution < 1.29 is 15.0 Å². The maximum Gasteiger partial charge on any atom is 0.243 e. The SMILES string of the molecule is NC(=O)CO.Nc1nccc(O)n1. The molecule has 0 aliphatic rings. The van der Waals surface area contributed by atoms with Crippen LogP contribution in [0.25, 0.3) is 0 Å². The highest BCUT2D eigenvalue weighted by Gasteiger charge is 1.86. The summed E-state index contributed by atoms with van der Waals surface area (Å²) >= 11 is 0. The van der Waals surface area contributed by atoms with Crippen molar-refractivity contribution in [1.82, 2.24) is 9.97 Å².